The fourth-order valence-corrected chi connectivity index (χ4v) is 2.11. The molecule has 0 aliphatic heterocycles. The van der Waals surface area contributed by atoms with Crippen LogP contribution in [0.2, 0.25) is 0 Å². The summed E-state index contributed by atoms with van der Waals surface area (Å²) in [6, 6.07) is 4.14. The van der Waals surface area contributed by atoms with Crippen molar-refractivity contribution >= 4 is 23.3 Å². The van der Waals surface area contributed by atoms with Crippen LogP contribution in [0, 0.1) is 16.0 Å². The molecule has 1 aromatic carbocycles. The van der Waals surface area contributed by atoms with E-state index in [2.05, 4.69) is 5.32 Å². The van der Waals surface area contributed by atoms with E-state index in [1.807, 2.05) is 0 Å². The number of nitro groups is 1. The number of benzene rings is 1. The van der Waals surface area contributed by atoms with Gasteiger partial charge in [0.25, 0.3) is 11.6 Å². The highest BCUT2D eigenvalue weighted by Crippen LogP contribution is 2.29. The molecule has 0 spiro atoms. The second-order valence-corrected chi connectivity index (χ2v) is 5.15. The summed E-state index contributed by atoms with van der Waals surface area (Å²) in [6.45, 7) is 1.68. The maximum Gasteiger partial charge on any atom is 0.309 e. The number of carbonyl (C=O) groups excluding carboxylic acids is 2. The molecule has 1 saturated carbocycles. The topological polar surface area (TPSA) is 108 Å². The molecule has 124 valence electrons. The first-order valence-electron chi connectivity index (χ1n) is 7.39. The van der Waals surface area contributed by atoms with Crippen LogP contribution in [-0.4, -0.2) is 30.0 Å². The maximum absolute atomic E-state index is 11.8. The van der Waals surface area contributed by atoms with Crippen molar-refractivity contribution in [1.29, 1.82) is 0 Å². The summed E-state index contributed by atoms with van der Waals surface area (Å²) in [7, 11) is 0. The Labute approximate surface area is 132 Å². The van der Waals surface area contributed by atoms with Crippen LogP contribution in [0.3, 0.4) is 0 Å². The van der Waals surface area contributed by atoms with Gasteiger partial charge in [-0.05, 0) is 31.9 Å². The minimum atomic E-state index is -0.620. The zero-order chi connectivity index (χ0) is 16.8. The Bertz CT molecular complexity index is 612. The van der Waals surface area contributed by atoms with Crippen molar-refractivity contribution in [1.82, 2.24) is 0 Å². The van der Waals surface area contributed by atoms with Gasteiger partial charge in [0.05, 0.1) is 23.5 Å². The molecule has 1 N–H and O–H groups in total. The van der Waals surface area contributed by atoms with Crippen LogP contribution in [0.4, 0.5) is 11.4 Å². The molecule has 0 saturated heterocycles. The van der Waals surface area contributed by atoms with E-state index in [4.69, 9.17) is 9.47 Å². The quantitative estimate of drug-likeness (QED) is 0.469. The normalized spacial score (nSPS) is 13.8. The summed E-state index contributed by atoms with van der Waals surface area (Å²) in [5.74, 6) is -0.797. The Morgan fingerprint density at radius 3 is 2.70 bits per heavy atom. The van der Waals surface area contributed by atoms with E-state index in [1.165, 1.54) is 18.2 Å². The maximum atomic E-state index is 11.8. The summed E-state index contributed by atoms with van der Waals surface area (Å²) < 4.78 is 10.1. The van der Waals surface area contributed by atoms with E-state index in [0.717, 1.165) is 19.3 Å². The Morgan fingerprint density at radius 2 is 2.13 bits per heavy atom. The van der Waals surface area contributed by atoms with Crippen molar-refractivity contribution in [3.63, 3.8) is 0 Å². The summed E-state index contributed by atoms with van der Waals surface area (Å²) in [5.41, 5.74) is -0.252. The second-order valence-electron chi connectivity index (χ2n) is 5.15. The number of anilines is 1. The van der Waals surface area contributed by atoms with E-state index in [9.17, 15) is 19.7 Å². The highest BCUT2D eigenvalue weighted by Gasteiger charge is 2.27. The average molecular weight is 322 g/mol. The number of carbonyl (C=O) groups is 2. The molecule has 0 atom stereocenters. The summed E-state index contributed by atoms with van der Waals surface area (Å²) in [4.78, 5) is 33.8. The highest BCUT2D eigenvalue weighted by molar-refractivity contribution is 5.95. The SMILES string of the molecule is CCOc1ccc(NC(=O)COC(=O)C2CCC2)c([N+](=O)[O-])c1. The van der Waals surface area contributed by atoms with E-state index in [1.54, 1.807) is 6.92 Å². The molecule has 1 aliphatic carbocycles. The van der Waals surface area contributed by atoms with E-state index >= 15 is 0 Å². The lowest BCUT2D eigenvalue weighted by Crippen LogP contribution is -2.28. The first-order chi connectivity index (χ1) is 11.0. The molecule has 0 unspecified atom stereocenters. The van der Waals surface area contributed by atoms with Crippen molar-refractivity contribution in [2.45, 2.75) is 26.2 Å². The molecular weight excluding hydrogens is 304 g/mol. The smallest absolute Gasteiger partial charge is 0.309 e. The molecule has 1 aromatic rings. The van der Waals surface area contributed by atoms with Gasteiger partial charge in [-0.2, -0.15) is 0 Å². The lowest BCUT2D eigenvalue weighted by Gasteiger charge is -2.22. The fraction of sp³-hybridized carbons (Fsp3) is 0.467. The molecule has 1 aliphatic rings. The summed E-state index contributed by atoms with van der Waals surface area (Å²) in [6.07, 6.45) is 2.56. The largest absolute Gasteiger partial charge is 0.494 e. The number of esters is 1. The average Bonchev–Trinajstić information content (AvgIpc) is 2.45. The van der Waals surface area contributed by atoms with Crippen LogP contribution >= 0.6 is 0 Å². The van der Waals surface area contributed by atoms with Crippen LogP contribution < -0.4 is 10.1 Å². The Hall–Kier alpha value is -2.64. The third kappa shape index (κ3) is 4.41. The van der Waals surface area contributed by atoms with Gasteiger partial charge in [-0.3, -0.25) is 19.7 Å². The molecule has 1 amide bonds. The third-order valence-corrected chi connectivity index (χ3v) is 3.54. The van der Waals surface area contributed by atoms with E-state index < -0.39 is 23.4 Å². The molecular formula is C15H18N2O6. The molecule has 2 rings (SSSR count). The van der Waals surface area contributed by atoms with Crippen molar-refractivity contribution in [3.8, 4) is 5.75 Å². The van der Waals surface area contributed by atoms with Gasteiger partial charge in [-0.1, -0.05) is 6.42 Å². The number of rotatable bonds is 7. The fourth-order valence-electron chi connectivity index (χ4n) is 2.11. The van der Waals surface area contributed by atoms with Crippen molar-refractivity contribution in [3.05, 3.63) is 28.3 Å². The molecule has 23 heavy (non-hydrogen) atoms. The Morgan fingerprint density at radius 1 is 1.39 bits per heavy atom. The molecule has 1 fully saturated rings. The number of nitrogens with one attached hydrogen (secondary N) is 1. The van der Waals surface area contributed by atoms with Crippen molar-refractivity contribution < 1.29 is 24.0 Å². The molecule has 0 aromatic heterocycles. The Balaban J connectivity index is 1.96. The monoisotopic (exact) mass is 322 g/mol. The van der Waals surface area contributed by atoms with Crippen LogP contribution in [0.25, 0.3) is 0 Å². The number of nitro benzene ring substituents is 1. The van der Waals surface area contributed by atoms with Crippen molar-refractivity contribution in [2.75, 3.05) is 18.5 Å². The molecule has 8 heteroatoms. The number of hydrogen-bond acceptors (Lipinski definition) is 6. The van der Waals surface area contributed by atoms with Crippen molar-refractivity contribution in [2.24, 2.45) is 5.92 Å². The number of hydrogen-bond donors (Lipinski definition) is 1. The van der Waals surface area contributed by atoms with Crippen LogP contribution in [0.1, 0.15) is 26.2 Å². The number of amides is 1. The number of ether oxygens (including phenoxy) is 2. The van der Waals surface area contributed by atoms with Gasteiger partial charge in [0, 0.05) is 0 Å². The summed E-state index contributed by atoms with van der Waals surface area (Å²) >= 11 is 0. The first-order valence-corrected chi connectivity index (χ1v) is 7.39. The lowest BCUT2D eigenvalue weighted by molar-refractivity contribution is -0.384. The zero-order valence-corrected chi connectivity index (χ0v) is 12.7. The van der Waals surface area contributed by atoms with E-state index in [-0.39, 0.29) is 17.3 Å². The third-order valence-electron chi connectivity index (χ3n) is 3.54. The van der Waals surface area contributed by atoms with Crippen LogP contribution in [0.15, 0.2) is 18.2 Å². The van der Waals surface area contributed by atoms with Gasteiger partial charge < -0.3 is 14.8 Å². The molecule has 0 bridgehead atoms. The Kier molecular flexibility index (Phi) is 5.51. The predicted molar refractivity (Wildman–Crippen MR) is 81.2 cm³/mol. The van der Waals surface area contributed by atoms with E-state index in [0.29, 0.717) is 12.4 Å². The lowest BCUT2D eigenvalue weighted by atomic mass is 9.86. The predicted octanol–water partition coefficient (Wildman–Crippen LogP) is 2.28. The van der Waals surface area contributed by atoms with Gasteiger partial charge in [0.2, 0.25) is 0 Å². The molecule has 8 nitrogen and oxygen atoms in total. The zero-order valence-electron chi connectivity index (χ0n) is 12.7. The molecule has 0 heterocycles. The second kappa shape index (κ2) is 7.57. The van der Waals surface area contributed by atoms with Gasteiger partial charge in [0.1, 0.15) is 11.4 Å². The van der Waals surface area contributed by atoms with Crippen LogP contribution in [-0.2, 0) is 14.3 Å². The van der Waals surface area contributed by atoms with Gasteiger partial charge in [0.15, 0.2) is 6.61 Å². The number of nitrogens with zero attached hydrogens (tertiary/aromatic N) is 1. The van der Waals surface area contributed by atoms with Gasteiger partial charge >= 0.3 is 5.97 Å². The minimum Gasteiger partial charge on any atom is -0.494 e. The highest BCUT2D eigenvalue weighted by atomic mass is 16.6. The summed E-state index contributed by atoms with van der Waals surface area (Å²) in [5, 5.41) is 13.5. The minimum absolute atomic E-state index is 0.0307. The first kappa shape index (κ1) is 16.7. The molecule has 0 radical (unpaired) electrons. The standard InChI is InChI=1S/C15H18N2O6/c1-2-22-11-6-7-12(13(8-11)17(20)21)16-14(18)9-23-15(19)10-4-3-5-10/h6-8,10H,2-5,9H2,1H3,(H,16,18). The van der Waals surface area contributed by atoms with Gasteiger partial charge in [-0.15, -0.1) is 0 Å². The van der Waals surface area contributed by atoms with Gasteiger partial charge in [-0.25, -0.2) is 0 Å². The van der Waals surface area contributed by atoms with Crippen LogP contribution in [0.5, 0.6) is 5.75 Å².